The summed E-state index contributed by atoms with van der Waals surface area (Å²) in [7, 11) is 0. The van der Waals surface area contributed by atoms with Crippen LogP contribution in [-0.2, 0) is 0 Å². The third-order valence-corrected chi connectivity index (χ3v) is 2.50. The van der Waals surface area contributed by atoms with E-state index in [1.165, 1.54) is 11.8 Å². The number of aromatic carboxylic acids is 1. The largest absolute Gasteiger partial charge is 0.493 e. The third-order valence-electron chi connectivity index (χ3n) is 1.72. The van der Waals surface area contributed by atoms with Gasteiger partial charge < -0.3 is 9.84 Å². The second-order valence-corrected chi connectivity index (χ2v) is 3.42. The van der Waals surface area contributed by atoms with Gasteiger partial charge in [-0.3, -0.25) is 0 Å². The van der Waals surface area contributed by atoms with E-state index in [4.69, 9.17) is 9.84 Å². The Labute approximate surface area is 87.1 Å². The summed E-state index contributed by atoms with van der Waals surface area (Å²) < 4.78 is 5.25. The molecule has 0 aliphatic heterocycles. The molecular weight excluding hydrogens is 200 g/mol. The van der Waals surface area contributed by atoms with Gasteiger partial charge in [0.15, 0.2) is 0 Å². The summed E-state index contributed by atoms with van der Waals surface area (Å²) in [6, 6.07) is 5.24. The Morgan fingerprint density at radius 3 is 2.79 bits per heavy atom. The van der Waals surface area contributed by atoms with Crippen molar-refractivity contribution in [2.45, 2.75) is 11.8 Å². The monoisotopic (exact) mass is 212 g/mol. The zero-order valence-corrected chi connectivity index (χ0v) is 8.93. The number of rotatable bonds is 4. The lowest BCUT2D eigenvalue weighted by atomic mass is 10.2. The molecule has 0 radical (unpaired) electrons. The van der Waals surface area contributed by atoms with E-state index in [0.717, 1.165) is 4.90 Å². The smallest absolute Gasteiger partial charge is 0.340 e. The van der Waals surface area contributed by atoms with Crippen LogP contribution in [0.4, 0.5) is 0 Å². The fraction of sp³-hybridized carbons (Fsp3) is 0.300. The predicted molar refractivity (Wildman–Crippen MR) is 56.4 cm³/mol. The molecule has 0 fully saturated rings. The summed E-state index contributed by atoms with van der Waals surface area (Å²) in [5.74, 6) is -0.509. The van der Waals surface area contributed by atoms with Crippen LogP contribution in [0.25, 0.3) is 0 Å². The van der Waals surface area contributed by atoms with Crippen LogP contribution in [0.15, 0.2) is 23.1 Å². The molecule has 0 atom stereocenters. The first-order valence-electron chi connectivity index (χ1n) is 4.23. The van der Waals surface area contributed by atoms with Crippen molar-refractivity contribution in [1.82, 2.24) is 0 Å². The fourth-order valence-electron chi connectivity index (χ4n) is 1.17. The van der Waals surface area contributed by atoms with E-state index in [1.54, 1.807) is 18.2 Å². The Kier molecular flexibility index (Phi) is 3.83. The average molecular weight is 212 g/mol. The molecule has 4 heteroatoms. The SMILES string of the molecule is CCOc1cccc(SC)c1C(=O)O. The van der Waals surface area contributed by atoms with Crippen molar-refractivity contribution in [3.05, 3.63) is 23.8 Å². The highest BCUT2D eigenvalue weighted by Gasteiger charge is 2.15. The number of benzene rings is 1. The topological polar surface area (TPSA) is 46.5 Å². The van der Waals surface area contributed by atoms with Gasteiger partial charge in [-0.25, -0.2) is 4.79 Å². The fourth-order valence-corrected chi connectivity index (χ4v) is 1.77. The van der Waals surface area contributed by atoms with E-state index in [9.17, 15) is 4.79 Å². The first kappa shape index (κ1) is 10.9. The van der Waals surface area contributed by atoms with Crippen molar-refractivity contribution in [3.63, 3.8) is 0 Å². The number of carboxylic acid groups (broad SMARTS) is 1. The van der Waals surface area contributed by atoms with E-state index < -0.39 is 5.97 Å². The Morgan fingerprint density at radius 1 is 1.57 bits per heavy atom. The van der Waals surface area contributed by atoms with Gasteiger partial charge in [-0.15, -0.1) is 11.8 Å². The van der Waals surface area contributed by atoms with E-state index in [0.29, 0.717) is 12.4 Å². The number of thioether (sulfide) groups is 1. The van der Waals surface area contributed by atoms with Crippen molar-refractivity contribution in [2.24, 2.45) is 0 Å². The first-order valence-corrected chi connectivity index (χ1v) is 5.46. The Balaban J connectivity index is 3.20. The van der Waals surface area contributed by atoms with Gasteiger partial charge in [0.2, 0.25) is 0 Å². The van der Waals surface area contributed by atoms with E-state index in [-0.39, 0.29) is 5.56 Å². The Hall–Kier alpha value is -1.16. The van der Waals surface area contributed by atoms with Gasteiger partial charge in [-0.05, 0) is 25.3 Å². The standard InChI is InChI=1S/C10H12O3S/c1-3-13-7-5-4-6-8(14-2)9(7)10(11)12/h4-6H,3H2,1-2H3,(H,11,12). The van der Waals surface area contributed by atoms with E-state index in [2.05, 4.69) is 0 Å². The molecule has 14 heavy (non-hydrogen) atoms. The molecule has 0 spiro atoms. The van der Waals surface area contributed by atoms with Crippen LogP contribution in [0.5, 0.6) is 5.75 Å². The van der Waals surface area contributed by atoms with Crippen molar-refractivity contribution >= 4 is 17.7 Å². The maximum atomic E-state index is 11.0. The minimum Gasteiger partial charge on any atom is -0.493 e. The van der Waals surface area contributed by atoms with Crippen molar-refractivity contribution < 1.29 is 14.6 Å². The van der Waals surface area contributed by atoms with Crippen LogP contribution in [0.2, 0.25) is 0 Å². The van der Waals surface area contributed by atoms with Crippen LogP contribution < -0.4 is 4.74 Å². The number of carbonyl (C=O) groups is 1. The van der Waals surface area contributed by atoms with Gasteiger partial charge in [0.1, 0.15) is 11.3 Å². The Morgan fingerprint density at radius 2 is 2.29 bits per heavy atom. The number of hydrogen-bond donors (Lipinski definition) is 1. The highest BCUT2D eigenvalue weighted by molar-refractivity contribution is 7.98. The van der Waals surface area contributed by atoms with Gasteiger partial charge in [-0.1, -0.05) is 6.07 Å². The molecule has 0 saturated heterocycles. The van der Waals surface area contributed by atoms with Crippen molar-refractivity contribution in [2.75, 3.05) is 12.9 Å². The van der Waals surface area contributed by atoms with Crippen LogP contribution in [-0.4, -0.2) is 23.9 Å². The summed E-state index contributed by atoms with van der Waals surface area (Å²) in [5, 5.41) is 9.01. The molecule has 1 aromatic rings. The zero-order chi connectivity index (χ0) is 10.6. The van der Waals surface area contributed by atoms with Gasteiger partial charge >= 0.3 is 5.97 Å². The summed E-state index contributed by atoms with van der Waals surface area (Å²) >= 11 is 1.40. The number of hydrogen-bond acceptors (Lipinski definition) is 3. The van der Waals surface area contributed by atoms with Crippen molar-refractivity contribution in [3.8, 4) is 5.75 Å². The van der Waals surface area contributed by atoms with Crippen molar-refractivity contribution in [1.29, 1.82) is 0 Å². The lowest BCUT2D eigenvalue weighted by Gasteiger charge is -2.09. The molecule has 0 bridgehead atoms. The van der Waals surface area contributed by atoms with Crippen LogP contribution in [0.1, 0.15) is 17.3 Å². The number of ether oxygens (including phenoxy) is 1. The second-order valence-electron chi connectivity index (χ2n) is 2.57. The van der Waals surface area contributed by atoms with E-state index in [1.807, 2.05) is 13.2 Å². The predicted octanol–water partition coefficient (Wildman–Crippen LogP) is 2.51. The molecule has 0 aliphatic carbocycles. The summed E-state index contributed by atoms with van der Waals surface area (Å²) in [4.78, 5) is 11.7. The third kappa shape index (κ3) is 2.20. The molecule has 1 rings (SSSR count). The highest BCUT2D eigenvalue weighted by atomic mass is 32.2. The van der Waals surface area contributed by atoms with Crippen LogP contribution in [0, 0.1) is 0 Å². The molecular formula is C10H12O3S. The molecule has 0 unspecified atom stereocenters. The van der Waals surface area contributed by atoms with Gasteiger partial charge in [-0.2, -0.15) is 0 Å². The molecule has 0 heterocycles. The molecule has 1 N–H and O–H groups in total. The lowest BCUT2D eigenvalue weighted by Crippen LogP contribution is -2.04. The minimum absolute atomic E-state index is 0.252. The maximum absolute atomic E-state index is 11.0. The summed E-state index contributed by atoms with van der Waals surface area (Å²) in [6.45, 7) is 2.30. The molecule has 3 nitrogen and oxygen atoms in total. The average Bonchev–Trinajstić information content (AvgIpc) is 2.17. The molecule has 0 aliphatic rings. The molecule has 1 aromatic carbocycles. The maximum Gasteiger partial charge on any atom is 0.340 e. The van der Waals surface area contributed by atoms with Crippen LogP contribution >= 0.6 is 11.8 Å². The number of carboxylic acids is 1. The summed E-state index contributed by atoms with van der Waals surface area (Å²) in [5.41, 5.74) is 0.252. The lowest BCUT2D eigenvalue weighted by molar-refractivity contribution is 0.0688. The van der Waals surface area contributed by atoms with Gasteiger partial charge in [0, 0.05) is 4.90 Å². The molecule has 76 valence electrons. The molecule has 0 saturated carbocycles. The minimum atomic E-state index is -0.946. The highest BCUT2D eigenvalue weighted by Crippen LogP contribution is 2.28. The summed E-state index contributed by atoms with van der Waals surface area (Å²) in [6.07, 6.45) is 1.84. The van der Waals surface area contributed by atoms with E-state index >= 15 is 0 Å². The van der Waals surface area contributed by atoms with Gasteiger partial charge in [0.05, 0.1) is 6.61 Å². The Bertz CT molecular complexity index is 336. The second kappa shape index (κ2) is 4.91. The van der Waals surface area contributed by atoms with Gasteiger partial charge in [0.25, 0.3) is 0 Å². The molecule has 0 aromatic heterocycles. The van der Waals surface area contributed by atoms with Crippen LogP contribution in [0.3, 0.4) is 0 Å². The quantitative estimate of drug-likeness (QED) is 0.779. The molecule has 0 amide bonds. The zero-order valence-electron chi connectivity index (χ0n) is 8.11. The normalized spacial score (nSPS) is 9.86. The first-order chi connectivity index (χ1) is 6.70.